The lowest BCUT2D eigenvalue weighted by Gasteiger charge is -2.31. The maximum Gasteiger partial charge on any atom is 0.0598 e. The summed E-state index contributed by atoms with van der Waals surface area (Å²) in [7, 11) is 0. The van der Waals surface area contributed by atoms with E-state index in [4.69, 9.17) is 6.42 Å². The molecule has 96 valence electrons. The number of nitrogens with one attached hydrogen (secondary N) is 1. The molecular formula is C15H19BrN2. The molecule has 0 spiro atoms. The largest absolute Gasteiger partial charge is 0.382 e. The Balaban J connectivity index is 1.88. The molecule has 0 radical (unpaired) electrons. The highest BCUT2D eigenvalue weighted by Gasteiger charge is 2.18. The highest BCUT2D eigenvalue weighted by molar-refractivity contribution is 9.10. The molecule has 18 heavy (non-hydrogen) atoms. The summed E-state index contributed by atoms with van der Waals surface area (Å²) in [5.41, 5.74) is 2.47. The maximum absolute atomic E-state index is 5.34. The smallest absolute Gasteiger partial charge is 0.0598 e. The zero-order chi connectivity index (χ0) is 13.0. The minimum atomic E-state index is 0.564. The van der Waals surface area contributed by atoms with Gasteiger partial charge in [-0.25, -0.2) is 0 Å². The van der Waals surface area contributed by atoms with E-state index in [0.717, 1.165) is 36.9 Å². The van der Waals surface area contributed by atoms with Crippen LogP contribution in [0.2, 0.25) is 0 Å². The van der Waals surface area contributed by atoms with Crippen molar-refractivity contribution in [3.05, 3.63) is 28.2 Å². The van der Waals surface area contributed by atoms with Gasteiger partial charge in [-0.15, -0.1) is 6.42 Å². The van der Waals surface area contributed by atoms with Gasteiger partial charge in [0.2, 0.25) is 0 Å². The van der Waals surface area contributed by atoms with Gasteiger partial charge in [-0.2, -0.15) is 0 Å². The van der Waals surface area contributed by atoms with Crippen molar-refractivity contribution in [3.8, 4) is 12.3 Å². The Morgan fingerprint density at radius 2 is 2.17 bits per heavy atom. The van der Waals surface area contributed by atoms with Crippen LogP contribution in [0.4, 0.5) is 5.69 Å². The first-order chi connectivity index (χ1) is 8.69. The van der Waals surface area contributed by atoms with E-state index in [9.17, 15) is 0 Å². The van der Waals surface area contributed by atoms with Crippen molar-refractivity contribution in [2.24, 2.45) is 0 Å². The van der Waals surface area contributed by atoms with Crippen molar-refractivity contribution in [3.63, 3.8) is 0 Å². The molecule has 0 amide bonds. The second-order valence-corrected chi connectivity index (χ2v) is 5.72. The molecule has 1 saturated heterocycles. The summed E-state index contributed by atoms with van der Waals surface area (Å²) in [6.07, 6.45) is 7.66. The lowest BCUT2D eigenvalue weighted by molar-refractivity contribution is 0.243. The van der Waals surface area contributed by atoms with Crippen LogP contribution >= 0.6 is 15.9 Å². The maximum atomic E-state index is 5.34. The summed E-state index contributed by atoms with van der Waals surface area (Å²) in [6.45, 7) is 5.07. The molecule has 0 aliphatic carbocycles. The third-order valence-electron chi connectivity index (χ3n) is 3.45. The normalized spacial score (nSPS) is 17.4. The average molecular weight is 307 g/mol. The third kappa shape index (κ3) is 3.51. The van der Waals surface area contributed by atoms with Crippen molar-refractivity contribution in [1.82, 2.24) is 4.90 Å². The van der Waals surface area contributed by atoms with Crippen LogP contribution < -0.4 is 5.32 Å². The van der Waals surface area contributed by atoms with Gasteiger partial charge < -0.3 is 5.32 Å². The molecule has 2 rings (SSSR count). The van der Waals surface area contributed by atoms with E-state index in [1.54, 1.807) is 0 Å². The monoisotopic (exact) mass is 306 g/mol. The van der Waals surface area contributed by atoms with E-state index >= 15 is 0 Å². The minimum absolute atomic E-state index is 0.564. The van der Waals surface area contributed by atoms with Crippen LogP contribution in [0.15, 0.2) is 22.7 Å². The molecular weight excluding hydrogens is 288 g/mol. The fourth-order valence-electron chi connectivity index (χ4n) is 2.28. The van der Waals surface area contributed by atoms with Gasteiger partial charge >= 0.3 is 0 Å². The summed E-state index contributed by atoms with van der Waals surface area (Å²) in [5.74, 6) is 2.71. The topological polar surface area (TPSA) is 15.3 Å². The standard InChI is InChI=1S/C15H19BrN2/c1-3-8-18-9-6-13(7-10-18)17-14-5-4-12(2)15(16)11-14/h1,4-5,11,13,17H,6-10H2,2H3. The summed E-state index contributed by atoms with van der Waals surface area (Å²) in [6, 6.07) is 7.00. The van der Waals surface area contributed by atoms with Gasteiger partial charge in [-0.1, -0.05) is 27.9 Å². The van der Waals surface area contributed by atoms with E-state index in [-0.39, 0.29) is 0 Å². The number of nitrogens with zero attached hydrogens (tertiary/aromatic N) is 1. The zero-order valence-electron chi connectivity index (χ0n) is 10.7. The van der Waals surface area contributed by atoms with Crippen molar-refractivity contribution in [2.75, 3.05) is 25.0 Å². The average Bonchev–Trinajstić information content (AvgIpc) is 2.37. The van der Waals surface area contributed by atoms with E-state index < -0.39 is 0 Å². The quantitative estimate of drug-likeness (QED) is 0.862. The molecule has 1 aliphatic heterocycles. The Hall–Kier alpha value is -0.980. The van der Waals surface area contributed by atoms with E-state index in [0.29, 0.717) is 6.04 Å². The number of anilines is 1. The fourth-order valence-corrected chi connectivity index (χ4v) is 2.66. The molecule has 1 aromatic rings. The Kier molecular flexibility index (Phi) is 4.68. The second kappa shape index (κ2) is 6.26. The van der Waals surface area contributed by atoms with Gasteiger partial charge in [-0.05, 0) is 37.5 Å². The number of hydrogen-bond acceptors (Lipinski definition) is 2. The van der Waals surface area contributed by atoms with Gasteiger partial charge in [-0.3, -0.25) is 4.90 Å². The van der Waals surface area contributed by atoms with Crippen LogP contribution in [0, 0.1) is 19.3 Å². The predicted octanol–water partition coefficient (Wildman–Crippen LogP) is 3.27. The molecule has 0 saturated carbocycles. The van der Waals surface area contributed by atoms with Crippen LogP contribution in [0.3, 0.4) is 0 Å². The summed E-state index contributed by atoms with van der Waals surface area (Å²) >= 11 is 3.57. The van der Waals surface area contributed by atoms with Crippen LogP contribution in [0.5, 0.6) is 0 Å². The number of halogens is 1. The molecule has 1 heterocycles. The van der Waals surface area contributed by atoms with Crippen molar-refractivity contribution >= 4 is 21.6 Å². The first-order valence-corrected chi connectivity index (χ1v) is 7.17. The SMILES string of the molecule is C#CCN1CCC(Nc2ccc(C)c(Br)c2)CC1. The number of rotatable bonds is 3. The number of likely N-dealkylation sites (tertiary alicyclic amines) is 1. The molecule has 1 aliphatic rings. The lowest BCUT2D eigenvalue weighted by atomic mass is 10.0. The molecule has 0 atom stereocenters. The predicted molar refractivity (Wildman–Crippen MR) is 80.8 cm³/mol. The van der Waals surface area contributed by atoms with Gasteiger partial charge in [0.1, 0.15) is 0 Å². The second-order valence-electron chi connectivity index (χ2n) is 4.86. The van der Waals surface area contributed by atoms with Crippen LogP contribution in [-0.4, -0.2) is 30.6 Å². The lowest BCUT2D eigenvalue weighted by Crippen LogP contribution is -2.39. The highest BCUT2D eigenvalue weighted by Crippen LogP contribution is 2.23. The van der Waals surface area contributed by atoms with E-state index in [2.05, 4.69) is 57.2 Å². The Morgan fingerprint density at radius 3 is 2.78 bits per heavy atom. The molecule has 2 nitrogen and oxygen atoms in total. The number of hydrogen-bond donors (Lipinski definition) is 1. The first-order valence-electron chi connectivity index (χ1n) is 6.37. The molecule has 0 bridgehead atoms. The molecule has 1 fully saturated rings. The Labute approximate surface area is 118 Å². The molecule has 3 heteroatoms. The van der Waals surface area contributed by atoms with Crippen LogP contribution in [-0.2, 0) is 0 Å². The zero-order valence-corrected chi connectivity index (χ0v) is 12.3. The Morgan fingerprint density at radius 1 is 1.44 bits per heavy atom. The minimum Gasteiger partial charge on any atom is -0.382 e. The van der Waals surface area contributed by atoms with Gasteiger partial charge in [0.05, 0.1) is 6.54 Å². The highest BCUT2D eigenvalue weighted by atomic mass is 79.9. The summed E-state index contributed by atoms with van der Waals surface area (Å²) in [5, 5.41) is 3.60. The van der Waals surface area contributed by atoms with Crippen LogP contribution in [0.25, 0.3) is 0 Å². The van der Waals surface area contributed by atoms with E-state index in [1.807, 2.05) is 0 Å². The van der Waals surface area contributed by atoms with Gasteiger partial charge in [0.15, 0.2) is 0 Å². The Bertz CT molecular complexity index is 442. The third-order valence-corrected chi connectivity index (χ3v) is 4.30. The van der Waals surface area contributed by atoms with Crippen LogP contribution in [0.1, 0.15) is 18.4 Å². The summed E-state index contributed by atoms with van der Waals surface area (Å²) < 4.78 is 1.16. The first kappa shape index (κ1) is 13.5. The van der Waals surface area contributed by atoms with Crippen molar-refractivity contribution in [2.45, 2.75) is 25.8 Å². The van der Waals surface area contributed by atoms with E-state index in [1.165, 1.54) is 11.3 Å². The van der Waals surface area contributed by atoms with Gasteiger partial charge in [0.25, 0.3) is 0 Å². The van der Waals surface area contributed by atoms with Crippen molar-refractivity contribution < 1.29 is 0 Å². The summed E-state index contributed by atoms with van der Waals surface area (Å²) in [4.78, 5) is 2.34. The van der Waals surface area contributed by atoms with Crippen molar-refractivity contribution in [1.29, 1.82) is 0 Å². The molecule has 1 N–H and O–H groups in total. The van der Waals surface area contributed by atoms with Gasteiger partial charge in [0, 0.05) is 29.3 Å². The number of benzene rings is 1. The number of piperidine rings is 1. The number of terminal acetylenes is 1. The molecule has 1 aromatic carbocycles. The fraction of sp³-hybridized carbons (Fsp3) is 0.467. The number of aryl methyl sites for hydroxylation is 1. The molecule has 0 aromatic heterocycles. The molecule has 0 unspecified atom stereocenters.